The average molecular weight is 587 g/mol. The highest BCUT2D eigenvalue weighted by Gasteiger charge is 2.44. The number of rotatable bonds is 6. The van der Waals surface area contributed by atoms with Crippen LogP contribution < -0.4 is 10.6 Å². The molecule has 6 heterocycles. The summed E-state index contributed by atoms with van der Waals surface area (Å²) >= 11 is 6.01. The van der Waals surface area contributed by atoms with E-state index in [0.29, 0.717) is 29.7 Å². The molecule has 4 aromatic heterocycles. The minimum atomic E-state index is 0.233. The molecule has 0 radical (unpaired) electrons. The standard InChI is InChI=1S/C32H27ClN10/c33-31-36-19-37-32(40-31)42-18-23-15-24(42)17-41(23)16-20-8-10-22(11-9-20)43-29(25-7-4-14-35-28(25)34)39-27-13-12-26(38-30(27)43)21-5-2-1-3-6-21/h1-14,19,23-24H,15-18H2,(H2,34,35)/t23-,24-/m0/s1. The summed E-state index contributed by atoms with van der Waals surface area (Å²) in [6.07, 6.45) is 4.26. The van der Waals surface area contributed by atoms with Gasteiger partial charge in [-0.15, -0.1) is 0 Å². The van der Waals surface area contributed by atoms with Gasteiger partial charge in [-0.1, -0.05) is 42.5 Å². The first-order valence-electron chi connectivity index (χ1n) is 14.2. The van der Waals surface area contributed by atoms with Crippen molar-refractivity contribution in [1.82, 2.24) is 39.4 Å². The van der Waals surface area contributed by atoms with Gasteiger partial charge >= 0.3 is 0 Å². The fourth-order valence-corrected chi connectivity index (χ4v) is 6.46. The van der Waals surface area contributed by atoms with Gasteiger partial charge in [-0.2, -0.15) is 4.98 Å². The number of fused-ring (bicyclic) bond motifs is 3. The predicted molar refractivity (Wildman–Crippen MR) is 167 cm³/mol. The molecule has 2 N–H and O–H groups in total. The highest BCUT2D eigenvalue weighted by atomic mass is 35.5. The number of likely N-dealkylation sites (tertiary alicyclic amines) is 1. The molecule has 11 heteroatoms. The summed E-state index contributed by atoms with van der Waals surface area (Å²) in [6.45, 7) is 2.71. The van der Waals surface area contributed by atoms with Gasteiger partial charge in [-0.05, 0) is 60.0 Å². The minimum absolute atomic E-state index is 0.233. The second-order valence-corrected chi connectivity index (χ2v) is 11.3. The molecule has 2 atom stereocenters. The molecular weight excluding hydrogens is 560 g/mol. The Hall–Kier alpha value is -4.93. The maximum absolute atomic E-state index is 6.33. The number of pyridine rings is 2. The third-order valence-corrected chi connectivity index (χ3v) is 8.56. The van der Waals surface area contributed by atoms with E-state index in [0.717, 1.165) is 59.7 Å². The topological polar surface area (TPSA) is 115 Å². The second-order valence-electron chi connectivity index (χ2n) is 11.0. The van der Waals surface area contributed by atoms with Gasteiger partial charge in [0.1, 0.15) is 17.7 Å². The van der Waals surface area contributed by atoms with E-state index in [2.05, 4.69) is 70.7 Å². The highest BCUT2D eigenvalue weighted by molar-refractivity contribution is 6.28. The monoisotopic (exact) mass is 586 g/mol. The molecule has 2 saturated heterocycles. The second kappa shape index (κ2) is 10.4. The maximum atomic E-state index is 6.33. The molecular formula is C32H27ClN10. The van der Waals surface area contributed by atoms with E-state index in [4.69, 9.17) is 27.3 Å². The number of anilines is 2. The van der Waals surface area contributed by atoms with Crippen molar-refractivity contribution in [3.8, 4) is 28.3 Å². The number of aromatic nitrogens is 7. The van der Waals surface area contributed by atoms with Crippen LogP contribution in [0.3, 0.4) is 0 Å². The smallest absolute Gasteiger partial charge is 0.229 e. The van der Waals surface area contributed by atoms with E-state index in [1.54, 1.807) is 6.20 Å². The Morgan fingerprint density at radius 3 is 2.44 bits per heavy atom. The van der Waals surface area contributed by atoms with Gasteiger partial charge < -0.3 is 10.6 Å². The molecule has 212 valence electrons. The molecule has 10 nitrogen and oxygen atoms in total. The van der Waals surface area contributed by atoms with Gasteiger partial charge in [0, 0.05) is 49.2 Å². The van der Waals surface area contributed by atoms with Gasteiger partial charge in [-0.25, -0.2) is 24.9 Å². The Bertz CT molecular complexity index is 1940. The highest BCUT2D eigenvalue weighted by Crippen LogP contribution is 2.35. The van der Waals surface area contributed by atoms with Crippen LogP contribution in [0.5, 0.6) is 0 Å². The van der Waals surface area contributed by atoms with E-state index in [9.17, 15) is 0 Å². The van der Waals surface area contributed by atoms with Gasteiger partial charge in [0.05, 0.1) is 11.3 Å². The van der Waals surface area contributed by atoms with E-state index in [1.807, 2.05) is 42.5 Å². The summed E-state index contributed by atoms with van der Waals surface area (Å²) in [7, 11) is 0. The fraction of sp³-hybridized carbons (Fsp3) is 0.188. The number of benzene rings is 2. The van der Waals surface area contributed by atoms with Crippen LogP contribution in [-0.4, -0.2) is 64.5 Å². The molecule has 0 spiro atoms. The Morgan fingerprint density at radius 1 is 0.814 bits per heavy atom. The minimum Gasteiger partial charge on any atom is -0.383 e. The lowest BCUT2D eigenvalue weighted by atomic mass is 10.1. The maximum Gasteiger partial charge on any atom is 0.229 e. The lowest BCUT2D eigenvalue weighted by Crippen LogP contribution is -2.46. The van der Waals surface area contributed by atoms with Gasteiger partial charge in [-0.3, -0.25) is 9.47 Å². The lowest BCUT2D eigenvalue weighted by molar-refractivity contribution is 0.229. The van der Waals surface area contributed by atoms with Crippen molar-refractivity contribution in [3.05, 3.63) is 102 Å². The van der Waals surface area contributed by atoms with E-state index in [-0.39, 0.29) is 5.28 Å². The molecule has 0 aliphatic carbocycles. The summed E-state index contributed by atoms with van der Waals surface area (Å²) in [4.78, 5) is 31.7. The molecule has 43 heavy (non-hydrogen) atoms. The molecule has 2 aliphatic rings. The summed E-state index contributed by atoms with van der Waals surface area (Å²) in [5.41, 5.74) is 12.8. The largest absolute Gasteiger partial charge is 0.383 e. The van der Waals surface area contributed by atoms with Gasteiger partial charge in [0.15, 0.2) is 11.5 Å². The zero-order valence-electron chi connectivity index (χ0n) is 23.1. The normalized spacial score (nSPS) is 18.1. The first-order chi connectivity index (χ1) is 21.1. The molecule has 2 fully saturated rings. The number of nitrogen functional groups attached to an aromatic ring is 1. The summed E-state index contributed by atoms with van der Waals surface area (Å²) in [6, 6.07) is 27.5. The lowest BCUT2D eigenvalue weighted by Gasteiger charge is -2.34. The van der Waals surface area contributed by atoms with Crippen LogP contribution in [0, 0.1) is 0 Å². The fourth-order valence-electron chi connectivity index (χ4n) is 6.34. The Balaban J connectivity index is 1.10. The van der Waals surface area contributed by atoms with Crippen molar-refractivity contribution in [2.75, 3.05) is 23.7 Å². The van der Waals surface area contributed by atoms with E-state index in [1.165, 1.54) is 11.9 Å². The average Bonchev–Trinajstić information content (AvgIpc) is 3.75. The number of nitrogens with two attached hydrogens (primary N) is 1. The molecule has 0 unspecified atom stereocenters. The number of imidazole rings is 1. The quantitative estimate of drug-likeness (QED) is 0.287. The third kappa shape index (κ3) is 4.65. The summed E-state index contributed by atoms with van der Waals surface area (Å²) in [5.74, 6) is 1.80. The van der Waals surface area contributed by atoms with Crippen molar-refractivity contribution < 1.29 is 0 Å². The number of hydrogen-bond acceptors (Lipinski definition) is 9. The molecule has 2 aromatic carbocycles. The van der Waals surface area contributed by atoms with Crippen molar-refractivity contribution in [2.45, 2.75) is 25.0 Å². The number of halogens is 1. The van der Waals surface area contributed by atoms with Crippen LogP contribution in [0.2, 0.25) is 5.28 Å². The number of hydrogen-bond donors (Lipinski definition) is 1. The molecule has 2 aliphatic heterocycles. The van der Waals surface area contributed by atoms with Gasteiger partial charge in [0.2, 0.25) is 11.2 Å². The molecule has 6 aromatic rings. The number of piperazine rings is 1. The van der Waals surface area contributed by atoms with Crippen molar-refractivity contribution >= 4 is 34.5 Å². The SMILES string of the molecule is Nc1ncccc1-c1nc2ccc(-c3ccccc3)nc2n1-c1ccc(CN2C[C@@H]3C[C@H]2CN3c2ncnc(Cl)n2)cc1. The third-order valence-electron chi connectivity index (χ3n) is 8.37. The zero-order chi connectivity index (χ0) is 28.9. The van der Waals surface area contributed by atoms with Crippen molar-refractivity contribution in [3.63, 3.8) is 0 Å². The Labute approximate surface area is 252 Å². The number of nitrogens with zero attached hydrogens (tertiary/aromatic N) is 9. The Kier molecular flexibility index (Phi) is 6.23. The first kappa shape index (κ1) is 25.8. The molecule has 2 bridgehead atoms. The van der Waals surface area contributed by atoms with Crippen LogP contribution in [0.15, 0.2) is 91.4 Å². The van der Waals surface area contributed by atoms with Crippen LogP contribution in [0.1, 0.15) is 12.0 Å². The van der Waals surface area contributed by atoms with Crippen molar-refractivity contribution in [1.29, 1.82) is 0 Å². The van der Waals surface area contributed by atoms with E-state index < -0.39 is 0 Å². The van der Waals surface area contributed by atoms with Crippen LogP contribution in [-0.2, 0) is 6.54 Å². The first-order valence-corrected chi connectivity index (χ1v) is 14.6. The zero-order valence-corrected chi connectivity index (χ0v) is 23.9. The summed E-state index contributed by atoms with van der Waals surface area (Å²) < 4.78 is 2.08. The van der Waals surface area contributed by atoms with Crippen LogP contribution in [0.4, 0.5) is 11.8 Å². The molecule has 0 amide bonds. The van der Waals surface area contributed by atoms with E-state index >= 15 is 0 Å². The van der Waals surface area contributed by atoms with Gasteiger partial charge in [0.25, 0.3) is 0 Å². The molecule has 0 saturated carbocycles. The summed E-state index contributed by atoms with van der Waals surface area (Å²) in [5, 5.41) is 0.233. The Morgan fingerprint density at radius 2 is 1.67 bits per heavy atom. The predicted octanol–water partition coefficient (Wildman–Crippen LogP) is 5.03. The van der Waals surface area contributed by atoms with Crippen LogP contribution >= 0.6 is 11.6 Å². The van der Waals surface area contributed by atoms with Crippen LogP contribution in [0.25, 0.3) is 39.5 Å². The molecule has 8 rings (SSSR count). The van der Waals surface area contributed by atoms with Crippen molar-refractivity contribution in [2.24, 2.45) is 0 Å².